The molecule has 0 amide bonds. The van der Waals surface area contributed by atoms with Gasteiger partial charge in [0, 0.05) is 22.4 Å². The maximum atomic E-state index is 10.6. The summed E-state index contributed by atoms with van der Waals surface area (Å²) >= 11 is 0. The lowest BCUT2D eigenvalue weighted by molar-refractivity contribution is -0.131. The molecule has 2 N–H and O–H groups in total. The highest BCUT2D eigenvalue weighted by Gasteiger charge is 2.05. The monoisotopic (exact) mass is 237 g/mol. The van der Waals surface area contributed by atoms with Crippen molar-refractivity contribution in [2.75, 3.05) is 0 Å². The van der Waals surface area contributed by atoms with Gasteiger partial charge in [0.2, 0.25) is 0 Å². The lowest BCUT2D eigenvalue weighted by Gasteiger charge is -1.95. The zero-order valence-corrected chi connectivity index (χ0v) is 9.55. The molecule has 0 unspecified atom stereocenters. The van der Waals surface area contributed by atoms with Crippen molar-refractivity contribution in [3.63, 3.8) is 0 Å². The van der Waals surface area contributed by atoms with Crippen molar-refractivity contribution in [2.24, 2.45) is 0 Å². The lowest BCUT2D eigenvalue weighted by Crippen LogP contribution is -1.86. The summed E-state index contributed by atoms with van der Waals surface area (Å²) in [4.78, 5) is 13.9. The number of carbonyl (C=O) groups is 1. The molecule has 1 aromatic heterocycles. The van der Waals surface area contributed by atoms with E-state index in [1.54, 1.807) is 6.08 Å². The first-order valence-corrected chi connectivity index (χ1v) is 5.66. The molecule has 0 saturated carbocycles. The Morgan fingerprint density at radius 1 is 1.06 bits per heavy atom. The smallest absolute Gasteiger partial charge is 0.328 e. The van der Waals surface area contributed by atoms with Crippen LogP contribution in [0.1, 0.15) is 5.56 Å². The molecule has 1 heterocycles. The van der Waals surface area contributed by atoms with E-state index in [0.29, 0.717) is 0 Å². The highest BCUT2D eigenvalue weighted by molar-refractivity contribution is 6.09. The minimum atomic E-state index is -0.942. The fourth-order valence-electron chi connectivity index (χ4n) is 2.20. The van der Waals surface area contributed by atoms with Gasteiger partial charge < -0.3 is 10.1 Å². The first-order valence-electron chi connectivity index (χ1n) is 5.66. The first kappa shape index (κ1) is 10.6. The van der Waals surface area contributed by atoms with Crippen LogP contribution in [0.15, 0.2) is 48.5 Å². The second-order valence-electron chi connectivity index (χ2n) is 4.11. The SMILES string of the molecule is O=C(O)C=Cc1cccc2c1[nH]c1ccccc12. The number of aromatic nitrogens is 1. The van der Waals surface area contributed by atoms with Crippen LogP contribution in [0.2, 0.25) is 0 Å². The summed E-state index contributed by atoms with van der Waals surface area (Å²) in [6.45, 7) is 0. The summed E-state index contributed by atoms with van der Waals surface area (Å²) in [7, 11) is 0. The molecule has 0 aliphatic heterocycles. The molecule has 3 aromatic rings. The quantitative estimate of drug-likeness (QED) is 0.671. The van der Waals surface area contributed by atoms with Crippen LogP contribution in [-0.4, -0.2) is 16.1 Å². The third-order valence-electron chi connectivity index (χ3n) is 2.98. The van der Waals surface area contributed by atoms with Crippen LogP contribution in [0.25, 0.3) is 27.9 Å². The van der Waals surface area contributed by atoms with Crippen LogP contribution in [0.5, 0.6) is 0 Å². The molecule has 3 rings (SSSR count). The molecule has 0 aliphatic rings. The lowest BCUT2D eigenvalue weighted by atomic mass is 10.1. The molecule has 3 nitrogen and oxygen atoms in total. The van der Waals surface area contributed by atoms with Crippen molar-refractivity contribution in [1.82, 2.24) is 4.98 Å². The van der Waals surface area contributed by atoms with Gasteiger partial charge in [-0.1, -0.05) is 36.4 Å². The number of aromatic amines is 1. The highest BCUT2D eigenvalue weighted by Crippen LogP contribution is 2.27. The van der Waals surface area contributed by atoms with Crippen LogP contribution in [0.4, 0.5) is 0 Å². The number of carboxylic acids is 1. The summed E-state index contributed by atoms with van der Waals surface area (Å²) in [6.07, 6.45) is 2.76. The average molecular weight is 237 g/mol. The minimum Gasteiger partial charge on any atom is -0.478 e. The van der Waals surface area contributed by atoms with E-state index in [1.165, 1.54) is 0 Å². The topological polar surface area (TPSA) is 53.1 Å². The fourth-order valence-corrected chi connectivity index (χ4v) is 2.20. The van der Waals surface area contributed by atoms with E-state index in [4.69, 9.17) is 5.11 Å². The third-order valence-corrected chi connectivity index (χ3v) is 2.98. The van der Waals surface area contributed by atoms with Gasteiger partial charge in [-0.05, 0) is 17.7 Å². The molecule has 0 fully saturated rings. The predicted molar refractivity (Wildman–Crippen MR) is 72.5 cm³/mol. The van der Waals surface area contributed by atoms with E-state index >= 15 is 0 Å². The van der Waals surface area contributed by atoms with Gasteiger partial charge >= 0.3 is 5.97 Å². The number of aliphatic carboxylic acids is 1. The molecule has 88 valence electrons. The van der Waals surface area contributed by atoms with Crippen LogP contribution in [-0.2, 0) is 4.79 Å². The number of carboxylic acid groups (broad SMARTS) is 1. The Morgan fingerprint density at radius 2 is 1.83 bits per heavy atom. The molecule has 0 aliphatic carbocycles. The third kappa shape index (κ3) is 1.66. The van der Waals surface area contributed by atoms with Gasteiger partial charge in [0.15, 0.2) is 0 Å². The second-order valence-corrected chi connectivity index (χ2v) is 4.11. The van der Waals surface area contributed by atoms with Gasteiger partial charge in [-0.15, -0.1) is 0 Å². The van der Waals surface area contributed by atoms with Gasteiger partial charge in [-0.25, -0.2) is 4.79 Å². The molecule has 2 aromatic carbocycles. The van der Waals surface area contributed by atoms with E-state index < -0.39 is 5.97 Å². The van der Waals surface area contributed by atoms with Crippen LogP contribution < -0.4 is 0 Å². The van der Waals surface area contributed by atoms with Crippen molar-refractivity contribution in [1.29, 1.82) is 0 Å². The number of hydrogen-bond donors (Lipinski definition) is 2. The maximum Gasteiger partial charge on any atom is 0.328 e. The Bertz CT molecular complexity index is 768. The van der Waals surface area contributed by atoms with Gasteiger partial charge in [0.25, 0.3) is 0 Å². The molecule has 0 atom stereocenters. The Balaban J connectivity index is 2.31. The molecular formula is C15H11NO2. The first-order chi connectivity index (χ1) is 8.75. The summed E-state index contributed by atoms with van der Waals surface area (Å²) in [5, 5.41) is 11.0. The number of para-hydroxylation sites is 2. The predicted octanol–water partition coefficient (Wildman–Crippen LogP) is 3.42. The Kier molecular flexibility index (Phi) is 2.38. The van der Waals surface area contributed by atoms with E-state index in [-0.39, 0.29) is 0 Å². The molecule has 0 spiro atoms. The normalized spacial score (nSPS) is 11.6. The molecule has 0 saturated heterocycles. The number of fused-ring (bicyclic) bond motifs is 3. The number of benzene rings is 2. The van der Waals surface area contributed by atoms with Crippen molar-refractivity contribution in [2.45, 2.75) is 0 Å². The molecule has 0 radical (unpaired) electrons. The Labute approximate surface area is 103 Å². The van der Waals surface area contributed by atoms with Crippen molar-refractivity contribution >= 4 is 33.9 Å². The van der Waals surface area contributed by atoms with Gasteiger partial charge in [0.05, 0.1) is 5.52 Å². The number of rotatable bonds is 2. The van der Waals surface area contributed by atoms with Crippen LogP contribution in [0.3, 0.4) is 0 Å². The fraction of sp³-hybridized carbons (Fsp3) is 0. The molecular weight excluding hydrogens is 226 g/mol. The van der Waals surface area contributed by atoms with Crippen molar-refractivity contribution < 1.29 is 9.90 Å². The number of H-pyrrole nitrogens is 1. The zero-order chi connectivity index (χ0) is 12.5. The average Bonchev–Trinajstić information content (AvgIpc) is 2.75. The summed E-state index contributed by atoms with van der Waals surface area (Å²) in [6, 6.07) is 13.9. The van der Waals surface area contributed by atoms with E-state index in [2.05, 4.69) is 11.1 Å². The summed E-state index contributed by atoms with van der Waals surface area (Å²) in [5.74, 6) is -0.942. The van der Waals surface area contributed by atoms with Crippen molar-refractivity contribution in [3.05, 3.63) is 54.1 Å². The van der Waals surface area contributed by atoms with E-state index in [1.807, 2.05) is 36.4 Å². The largest absolute Gasteiger partial charge is 0.478 e. The van der Waals surface area contributed by atoms with Gasteiger partial charge in [-0.3, -0.25) is 0 Å². The zero-order valence-electron chi connectivity index (χ0n) is 9.55. The van der Waals surface area contributed by atoms with Crippen LogP contribution >= 0.6 is 0 Å². The standard InChI is InChI=1S/C15H11NO2/c17-14(18)9-8-10-4-3-6-12-11-5-1-2-7-13(11)16-15(10)12/h1-9,16H,(H,17,18). The summed E-state index contributed by atoms with van der Waals surface area (Å²) in [5.41, 5.74) is 2.91. The molecule has 3 heteroatoms. The Hall–Kier alpha value is -2.55. The van der Waals surface area contributed by atoms with Crippen LogP contribution in [0, 0.1) is 0 Å². The Morgan fingerprint density at radius 3 is 2.67 bits per heavy atom. The van der Waals surface area contributed by atoms with Gasteiger partial charge in [-0.2, -0.15) is 0 Å². The number of nitrogens with one attached hydrogen (secondary N) is 1. The summed E-state index contributed by atoms with van der Waals surface area (Å²) < 4.78 is 0. The van der Waals surface area contributed by atoms with Crippen molar-refractivity contribution in [3.8, 4) is 0 Å². The number of hydrogen-bond acceptors (Lipinski definition) is 1. The minimum absolute atomic E-state index is 0.881. The highest BCUT2D eigenvalue weighted by atomic mass is 16.4. The molecule has 18 heavy (non-hydrogen) atoms. The van der Waals surface area contributed by atoms with E-state index in [0.717, 1.165) is 33.4 Å². The maximum absolute atomic E-state index is 10.6. The van der Waals surface area contributed by atoms with Gasteiger partial charge in [0.1, 0.15) is 0 Å². The van der Waals surface area contributed by atoms with E-state index in [9.17, 15) is 4.79 Å². The second kappa shape index (κ2) is 4.04. The molecule has 0 bridgehead atoms.